The van der Waals surface area contributed by atoms with E-state index in [1.165, 1.54) is 4.90 Å². The van der Waals surface area contributed by atoms with E-state index in [1.54, 1.807) is 0 Å². The first kappa shape index (κ1) is 50.4. The maximum atomic E-state index is 13.5. The predicted molar refractivity (Wildman–Crippen MR) is 216 cm³/mol. The molecule has 0 spiro atoms. The van der Waals surface area contributed by atoms with Crippen LogP contribution in [0, 0.1) is 46.3 Å². The SMILES string of the molecule is CC(CCC(=O)O)C1CCC2C3C(O)C[C@@H]4C[C@@H](NC(=O)CCC(N(CCN(CC(=O)O)CC(=O)O)CCN(CC(=O)O)CC(=O)O)P(=O)(O)O)CC[C@]4(C)C3C[C@H](O)[C@]12C. The molecule has 61 heavy (non-hydrogen) atoms. The highest BCUT2D eigenvalue weighted by Gasteiger charge is 2.65. The number of rotatable bonds is 24. The zero-order valence-electron chi connectivity index (χ0n) is 35.4. The van der Waals surface area contributed by atoms with Crippen molar-refractivity contribution in [2.45, 2.75) is 115 Å². The molecule has 4 rings (SSSR count). The summed E-state index contributed by atoms with van der Waals surface area (Å²) >= 11 is 0. The van der Waals surface area contributed by atoms with Crippen molar-refractivity contribution in [1.82, 2.24) is 20.0 Å². The van der Waals surface area contributed by atoms with Crippen LogP contribution in [0.4, 0.5) is 0 Å². The van der Waals surface area contributed by atoms with Crippen molar-refractivity contribution < 1.29 is 78.9 Å². The molecule has 0 aromatic carbocycles. The quantitative estimate of drug-likeness (QED) is 0.0607. The van der Waals surface area contributed by atoms with Crippen LogP contribution in [0.5, 0.6) is 0 Å². The Morgan fingerprint density at radius 2 is 1.25 bits per heavy atom. The third-order valence-corrected chi connectivity index (χ3v) is 16.4. The summed E-state index contributed by atoms with van der Waals surface area (Å²) in [6.07, 6.45) is 3.25. The fourth-order valence-corrected chi connectivity index (χ4v) is 13.2. The van der Waals surface area contributed by atoms with Gasteiger partial charge in [0, 0.05) is 45.1 Å². The van der Waals surface area contributed by atoms with Gasteiger partial charge in [0.15, 0.2) is 0 Å². The molecule has 0 aromatic rings. The van der Waals surface area contributed by atoms with Crippen LogP contribution in [0.25, 0.3) is 0 Å². The third-order valence-electron chi connectivity index (χ3n) is 15.0. The van der Waals surface area contributed by atoms with Crippen molar-refractivity contribution in [2.24, 2.45) is 46.3 Å². The molecule has 0 saturated heterocycles. The number of nitrogens with zero attached hydrogens (tertiary/aromatic N) is 3. The molecule has 4 saturated carbocycles. The van der Waals surface area contributed by atoms with Crippen LogP contribution in [-0.4, -0.2) is 172 Å². The number of hydrogen-bond acceptors (Lipinski definition) is 12. The Hall–Kier alpha value is -3.23. The van der Waals surface area contributed by atoms with Gasteiger partial charge in [-0.25, -0.2) is 0 Å². The first-order valence-electron chi connectivity index (χ1n) is 21.3. The lowest BCUT2D eigenvalue weighted by molar-refractivity contribution is -0.202. The van der Waals surface area contributed by atoms with Crippen molar-refractivity contribution in [1.29, 1.82) is 0 Å². The molecule has 4 fully saturated rings. The van der Waals surface area contributed by atoms with Crippen molar-refractivity contribution in [3.8, 4) is 0 Å². The number of nitrogens with one attached hydrogen (secondary N) is 1. The Morgan fingerprint density at radius 3 is 1.74 bits per heavy atom. The minimum Gasteiger partial charge on any atom is -0.481 e. The Morgan fingerprint density at radius 1 is 0.705 bits per heavy atom. The van der Waals surface area contributed by atoms with Gasteiger partial charge in [0.25, 0.3) is 0 Å². The Balaban J connectivity index is 1.44. The summed E-state index contributed by atoms with van der Waals surface area (Å²) in [7, 11) is -5.07. The van der Waals surface area contributed by atoms with Gasteiger partial charge in [-0.2, -0.15) is 0 Å². The molecule has 1 amide bonds. The lowest BCUT2D eigenvalue weighted by Gasteiger charge is -2.63. The van der Waals surface area contributed by atoms with Gasteiger partial charge >= 0.3 is 37.4 Å². The highest BCUT2D eigenvalue weighted by Crippen LogP contribution is 2.68. The molecule has 0 aromatic heterocycles. The first-order valence-corrected chi connectivity index (χ1v) is 23.0. The largest absolute Gasteiger partial charge is 0.481 e. The Kier molecular flexibility index (Phi) is 17.3. The first-order chi connectivity index (χ1) is 28.4. The molecule has 0 heterocycles. The van der Waals surface area contributed by atoms with Gasteiger partial charge in [-0.1, -0.05) is 20.8 Å². The van der Waals surface area contributed by atoms with E-state index in [0.29, 0.717) is 32.1 Å². The normalized spacial score (nSPS) is 32.1. The van der Waals surface area contributed by atoms with E-state index in [4.69, 9.17) is 0 Å². The smallest absolute Gasteiger partial charge is 0.342 e. The van der Waals surface area contributed by atoms with Crippen molar-refractivity contribution in [3.05, 3.63) is 0 Å². The summed E-state index contributed by atoms with van der Waals surface area (Å²) in [5.41, 5.74) is -0.668. The molecule has 10 N–H and O–H groups in total. The Bertz CT molecular complexity index is 1580. The molecular formula is C40H67N4O16P. The number of carboxylic acids is 5. The molecule has 20 nitrogen and oxygen atoms in total. The fraction of sp³-hybridized carbons (Fsp3) is 0.850. The molecule has 0 aliphatic heterocycles. The number of carbonyl (C=O) groups excluding carboxylic acids is 1. The van der Waals surface area contributed by atoms with Gasteiger partial charge in [0.1, 0.15) is 5.78 Å². The van der Waals surface area contributed by atoms with Crippen molar-refractivity contribution in [3.63, 3.8) is 0 Å². The summed E-state index contributed by atoms with van der Waals surface area (Å²) in [5, 5.41) is 73.2. The average molecular weight is 891 g/mol. The molecular weight excluding hydrogens is 823 g/mol. The van der Waals surface area contributed by atoms with Crippen LogP contribution in [0.1, 0.15) is 91.4 Å². The molecule has 12 atom stereocenters. The molecule has 7 unspecified atom stereocenters. The number of aliphatic carboxylic acids is 5. The van der Waals surface area contributed by atoms with Crippen LogP contribution in [0.15, 0.2) is 0 Å². The molecule has 21 heteroatoms. The topological polar surface area (TPSA) is 323 Å². The number of carboxylic acid groups (broad SMARTS) is 5. The maximum absolute atomic E-state index is 13.5. The number of aliphatic hydroxyl groups excluding tert-OH is 2. The summed E-state index contributed by atoms with van der Waals surface area (Å²) in [5.74, 6) is -8.01. The molecule has 0 bridgehead atoms. The summed E-state index contributed by atoms with van der Waals surface area (Å²) in [6.45, 7) is 2.39. The highest BCUT2D eigenvalue weighted by atomic mass is 31.2. The van der Waals surface area contributed by atoms with E-state index < -0.39 is 99.4 Å². The number of hydrogen-bond donors (Lipinski definition) is 10. The van der Waals surface area contributed by atoms with E-state index in [0.717, 1.165) is 29.1 Å². The second-order valence-electron chi connectivity index (χ2n) is 18.7. The number of carbonyl (C=O) groups is 6. The van der Waals surface area contributed by atoms with Gasteiger partial charge in [0.05, 0.1) is 38.4 Å². The standard InChI is InChI=1S/C40H67N4O16P/c1-23(4-9-33(48)49)26-5-6-27-38-28(18-30(46)40(26,27)3)39(2)11-10-25(16-24(39)17-29(38)45)41-31(47)7-8-32(61(58,59)60)44(14-12-42(19-34(50)51)20-35(52)53)15-13-43(21-36(54)55)22-37(56)57/h23-30,32,38,45-46H,4-22H2,1-3H3,(H,41,47)(H,48,49)(H,50,51)(H,52,53)(H,54,55)(H,56,57)(H2,58,59,60)/t23?,24-,25-,26?,27?,28?,29?,30-,32?,38?,39-,40+/m0/s1. The van der Waals surface area contributed by atoms with E-state index in [-0.39, 0.29) is 86.0 Å². The molecule has 4 aliphatic carbocycles. The number of amides is 1. The molecule has 348 valence electrons. The second kappa shape index (κ2) is 21.0. The van der Waals surface area contributed by atoms with E-state index in [2.05, 4.69) is 26.1 Å². The minimum absolute atomic E-state index is 0.0171. The van der Waals surface area contributed by atoms with Crippen LogP contribution >= 0.6 is 7.60 Å². The third kappa shape index (κ3) is 12.7. The van der Waals surface area contributed by atoms with Gasteiger partial charge < -0.3 is 50.8 Å². The van der Waals surface area contributed by atoms with Gasteiger partial charge in [0.2, 0.25) is 5.91 Å². The summed E-state index contributed by atoms with van der Waals surface area (Å²) < 4.78 is 13.0. The van der Waals surface area contributed by atoms with Gasteiger partial charge in [-0.15, -0.1) is 0 Å². The van der Waals surface area contributed by atoms with Gasteiger partial charge in [-0.05, 0) is 104 Å². The zero-order valence-corrected chi connectivity index (χ0v) is 36.3. The summed E-state index contributed by atoms with van der Waals surface area (Å²) in [4.78, 5) is 94.8. The minimum atomic E-state index is -5.07. The molecule has 4 aliphatic rings. The fourth-order valence-electron chi connectivity index (χ4n) is 12.1. The van der Waals surface area contributed by atoms with Crippen molar-refractivity contribution >= 4 is 43.3 Å². The van der Waals surface area contributed by atoms with Gasteiger partial charge in [-0.3, -0.25) is 48.0 Å². The average Bonchev–Trinajstić information content (AvgIpc) is 3.49. The molecule has 0 radical (unpaired) electrons. The monoisotopic (exact) mass is 890 g/mol. The number of aliphatic hydroxyl groups is 2. The van der Waals surface area contributed by atoms with Crippen LogP contribution in [0.2, 0.25) is 0 Å². The summed E-state index contributed by atoms with van der Waals surface area (Å²) in [6, 6.07) is -0.301. The van der Waals surface area contributed by atoms with E-state index >= 15 is 0 Å². The Labute approximate surface area is 355 Å². The van der Waals surface area contributed by atoms with E-state index in [9.17, 15) is 78.9 Å². The predicted octanol–water partition coefficient (Wildman–Crippen LogP) is 1.10. The van der Waals surface area contributed by atoms with Crippen LogP contribution in [0.3, 0.4) is 0 Å². The van der Waals surface area contributed by atoms with Crippen LogP contribution < -0.4 is 5.32 Å². The van der Waals surface area contributed by atoms with E-state index in [1.807, 2.05) is 0 Å². The maximum Gasteiger partial charge on any atom is 0.342 e. The highest BCUT2D eigenvalue weighted by molar-refractivity contribution is 7.52. The van der Waals surface area contributed by atoms with Crippen molar-refractivity contribution in [2.75, 3.05) is 52.4 Å². The lowest BCUT2D eigenvalue weighted by Crippen LogP contribution is -2.63. The second-order valence-corrected chi connectivity index (χ2v) is 20.5. The zero-order chi connectivity index (χ0) is 45.6. The lowest BCUT2D eigenvalue weighted by atomic mass is 9.43. The number of fused-ring (bicyclic) bond motifs is 5. The van der Waals surface area contributed by atoms with Crippen LogP contribution in [-0.2, 0) is 33.3 Å².